The van der Waals surface area contributed by atoms with Crippen LogP contribution in [-0.4, -0.2) is 43.9 Å². The zero-order chi connectivity index (χ0) is 20.5. The average molecular weight is 423 g/mol. The van der Waals surface area contributed by atoms with Crippen LogP contribution in [-0.2, 0) is 14.8 Å². The first-order valence-electron chi connectivity index (χ1n) is 9.00. The third kappa shape index (κ3) is 4.55. The van der Waals surface area contributed by atoms with E-state index in [0.717, 1.165) is 5.56 Å². The maximum Gasteiger partial charge on any atom is 0.255 e. The number of sulfonamides is 1. The number of halogens is 1. The summed E-state index contributed by atoms with van der Waals surface area (Å²) in [5, 5.41) is 3.33. The molecule has 150 valence electrons. The molecule has 1 heterocycles. The molecule has 0 radical (unpaired) electrons. The monoisotopic (exact) mass is 422 g/mol. The van der Waals surface area contributed by atoms with Crippen molar-refractivity contribution >= 4 is 33.2 Å². The third-order valence-corrected chi connectivity index (χ3v) is 6.67. The summed E-state index contributed by atoms with van der Waals surface area (Å²) in [4.78, 5) is 12.7. The van der Waals surface area contributed by atoms with Crippen molar-refractivity contribution in [3.8, 4) is 0 Å². The molecule has 6 nitrogen and oxygen atoms in total. The number of carbonyl (C=O) groups is 1. The molecule has 28 heavy (non-hydrogen) atoms. The van der Waals surface area contributed by atoms with Gasteiger partial charge in [-0.15, -0.1) is 0 Å². The van der Waals surface area contributed by atoms with Crippen molar-refractivity contribution in [2.45, 2.75) is 37.9 Å². The van der Waals surface area contributed by atoms with Crippen LogP contribution in [0.15, 0.2) is 47.4 Å². The van der Waals surface area contributed by atoms with Gasteiger partial charge in [0.05, 0.1) is 17.1 Å². The van der Waals surface area contributed by atoms with E-state index in [4.69, 9.17) is 16.3 Å². The van der Waals surface area contributed by atoms with Crippen molar-refractivity contribution in [1.82, 2.24) is 4.31 Å². The normalized spacial score (nSPS) is 20.7. The molecule has 8 heteroatoms. The maximum absolute atomic E-state index is 12.9. The van der Waals surface area contributed by atoms with Crippen LogP contribution >= 0.6 is 11.6 Å². The van der Waals surface area contributed by atoms with E-state index in [2.05, 4.69) is 5.32 Å². The highest BCUT2D eigenvalue weighted by Crippen LogP contribution is 2.23. The molecule has 1 saturated heterocycles. The number of hydrogen-bond donors (Lipinski definition) is 1. The molecule has 1 aliphatic heterocycles. The topological polar surface area (TPSA) is 75.7 Å². The predicted molar refractivity (Wildman–Crippen MR) is 109 cm³/mol. The minimum Gasteiger partial charge on any atom is -0.373 e. The number of benzene rings is 2. The molecule has 0 aliphatic carbocycles. The number of amides is 1. The predicted octanol–water partition coefficient (Wildman–Crippen LogP) is 3.70. The quantitative estimate of drug-likeness (QED) is 0.815. The number of aryl methyl sites for hydroxylation is 1. The van der Waals surface area contributed by atoms with Gasteiger partial charge in [-0.3, -0.25) is 4.79 Å². The van der Waals surface area contributed by atoms with Crippen molar-refractivity contribution in [2.75, 3.05) is 18.4 Å². The first-order chi connectivity index (χ1) is 13.2. The number of hydrogen-bond acceptors (Lipinski definition) is 4. The first-order valence-corrected chi connectivity index (χ1v) is 10.8. The van der Waals surface area contributed by atoms with Gasteiger partial charge in [-0.2, -0.15) is 4.31 Å². The lowest BCUT2D eigenvalue weighted by Gasteiger charge is -2.34. The number of anilines is 1. The molecule has 0 unspecified atom stereocenters. The molecule has 1 amide bonds. The standard InChI is InChI=1S/C20H23ClN2O4S/c1-13-4-7-17(21)10-19(13)22-20(24)16-5-8-18(9-6-16)28(25,26)23-11-14(2)27-15(3)12-23/h4-10,14-15H,11-12H2,1-3H3,(H,22,24)/t14-,15+. The molecule has 0 aromatic heterocycles. The van der Waals surface area contributed by atoms with Gasteiger partial charge in [-0.05, 0) is 62.7 Å². The fraction of sp³-hybridized carbons (Fsp3) is 0.350. The second-order valence-electron chi connectivity index (χ2n) is 7.02. The van der Waals surface area contributed by atoms with Gasteiger partial charge in [-0.25, -0.2) is 8.42 Å². The van der Waals surface area contributed by atoms with Crippen molar-refractivity contribution in [1.29, 1.82) is 0 Å². The molecular formula is C20H23ClN2O4S. The molecule has 2 atom stereocenters. The van der Waals surface area contributed by atoms with Gasteiger partial charge in [-0.1, -0.05) is 17.7 Å². The van der Waals surface area contributed by atoms with E-state index in [1.807, 2.05) is 26.8 Å². The van der Waals surface area contributed by atoms with Crippen LogP contribution in [0, 0.1) is 6.92 Å². The van der Waals surface area contributed by atoms with Crippen LogP contribution in [0.4, 0.5) is 5.69 Å². The highest BCUT2D eigenvalue weighted by Gasteiger charge is 2.32. The lowest BCUT2D eigenvalue weighted by atomic mass is 10.1. The Balaban J connectivity index is 1.77. The van der Waals surface area contributed by atoms with Gasteiger partial charge in [0.2, 0.25) is 10.0 Å². The summed E-state index contributed by atoms with van der Waals surface area (Å²) in [5.41, 5.74) is 1.86. The number of carbonyl (C=O) groups excluding carboxylic acids is 1. The highest BCUT2D eigenvalue weighted by molar-refractivity contribution is 7.89. The van der Waals surface area contributed by atoms with Crippen LogP contribution in [0.3, 0.4) is 0 Å². The van der Waals surface area contributed by atoms with Crippen molar-refractivity contribution in [3.63, 3.8) is 0 Å². The van der Waals surface area contributed by atoms with Crippen molar-refractivity contribution < 1.29 is 17.9 Å². The van der Waals surface area contributed by atoms with E-state index < -0.39 is 10.0 Å². The summed E-state index contributed by atoms with van der Waals surface area (Å²) in [5.74, 6) is -0.331. The molecule has 2 aromatic carbocycles. The van der Waals surface area contributed by atoms with Crippen LogP contribution < -0.4 is 5.32 Å². The number of nitrogens with zero attached hydrogens (tertiary/aromatic N) is 1. The summed E-state index contributed by atoms with van der Waals surface area (Å²) in [6, 6.07) is 11.2. The molecule has 0 spiro atoms. The molecule has 1 fully saturated rings. The van der Waals surface area contributed by atoms with Gasteiger partial charge in [0.25, 0.3) is 5.91 Å². The fourth-order valence-corrected chi connectivity index (χ4v) is 4.94. The average Bonchev–Trinajstić information content (AvgIpc) is 2.64. The minimum atomic E-state index is -3.64. The molecule has 2 aromatic rings. The van der Waals surface area contributed by atoms with E-state index in [1.54, 1.807) is 12.1 Å². The number of nitrogens with one attached hydrogen (secondary N) is 1. The maximum atomic E-state index is 12.9. The summed E-state index contributed by atoms with van der Waals surface area (Å²) in [6.45, 7) is 6.19. The SMILES string of the molecule is Cc1ccc(Cl)cc1NC(=O)c1ccc(S(=O)(=O)N2C[C@@H](C)O[C@@H](C)C2)cc1. The van der Waals surface area contributed by atoms with E-state index >= 15 is 0 Å². The molecule has 0 saturated carbocycles. The van der Waals surface area contributed by atoms with Crippen LogP contribution in [0.2, 0.25) is 5.02 Å². The molecule has 0 bridgehead atoms. The summed E-state index contributed by atoms with van der Waals surface area (Å²) < 4.78 is 32.8. The Hall–Kier alpha value is -1.93. The Bertz CT molecular complexity index is 966. The zero-order valence-corrected chi connectivity index (χ0v) is 17.5. The first kappa shape index (κ1) is 20.8. The molecular weight excluding hydrogens is 400 g/mol. The van der Waals surface area contributed by atoms with Gasteiger partial charge in [0.15, 0.2) is 0 Å². The molecule has 1 N–H and O–H groups in total. The summed E-state index contributed by atoms with van der Waals surface area (Å²) in [6.07, 6.45) is -0.325. The van der Waals surface area contributed by atoms with Gasteiger partial charge in [0.1, 0.15) is 0 Å². The van der Waals surface area contributed by atoms with Gasteiger partial charge >= 0.3 is 0 Å². The van der Waals surface area contributed by atoms with Crippen LogP contribution in [0.5, 0.6) is 0 Å². The Morgan fingerprint density at radius 1 is 1.11 bits per heavy atom. The summed E-state index contributed by atoms with van der Waals surface area (Å²) in [7, 11) is -3.64. The van der Waals surface area contributed by atoms with Gasteiger partial charge in [0, 0.05) is 29.4 Å². The van der Waals surface area contributed by atoms with E-state index in [9.17, 15) is 13.2 Å². The number of rotatable bonds is 4. The Morgan fingerprint density at radius 3 is 2.32 bits per heavy atom. The minimum absolute atomic E-state index is 0.157. The molecule has 1 aliphatic rings. The van der Waals surface area contributed by atoms with Crippen molar-refractivity contribution in [3.05, 3.63) is 58.6 Å². The highest BCUT2D eigenvalue weighted by atomic mass is 35.5. The number of ether oxygens (including phenoxy) is 1. The van der Waals surface area contributed by atoms with Gasteiger partial charge < -0.3 is 10.1 Å². The van der Waals surface area contributed by atoms with Crippen LogP contribution in [0.1, 0.15) is 29.8 Å². The van der Waals surface area contributed by atoms with Crippen molar-refractivity contribution in [2.24, 2.45) is 0 Å². The second kappa shape index (κ2) is 8.21. The lowest BCUT2D eigenvalue weighted by molar-refractivity contribution is -0.0440. The van der Waals surface area contributed by atoms with E-state index in [1.165, 1.54) is 28.6 Å². The van der Waals surface area contributed by atoms with E-state index in [0.29, 0.717) is 29.4 Å². The Morgan fingerprint density at radius 2 is 1.71 bits per heavy atom. The second-order valence-corrected chi connectivity index (χ2v) is 9.39. The lowest BCUT2D eigenvalue weighted by Crippen LogP contribution is -2.48. The largest absolute Gasteiger partial charge is 0.373 e. The smallest absolute Gasteiger partial charge is 0.255 e. The number of morpholine rings is 1. The fourth-order valence-electron chi connectivity index (χ4n) is 3.18. The zero-order valence-electron chi connectivity index (χ0n) is 16.0. The third-order valence-electron chi connectivity index (χ3n) is 4.59. The molecule has 3 rings (SSSR count). The Kier molecular flexibility index (Phi) is 6.09. The summed E-state index contributed by atoms with van der Waals surface area (Å²) >= 11 is 5.98. The van der Waals surface area contributed by atoms with E-state index in [-0.39, 0.29) is 23.0 Å². The van der Waals surface area contributed by atoms with Crippen LogP contribution in [0.25, 0.3) is 0 Å². The Labute approximate surface area is 170 Å².